The van der Waals surface area contributed by atoms with E-state index in [4.69, 9.17) is 0 Å². The van der Waals surface area contributed by atoms with E-state index >= 15 is 0 Å². The third-order valence-electron chi connectivity index (χ3n) is 3.12. The number of rotatable bonds is 3. The largest absolute Gasteiger partial charge is 0.381 e. The number of benzene rings is 1. The van der Waals surface area contributed by atoms with E-state index in [1.807, 2.05) is 17.8 Å². The molecule has 1 N–H and O–H groups in total. The normalized spacial score (nSPS) is 23.6. The molecule has 0 spiro atoms. The van der Waals surface area contributed by atoms with Crippen LogP contribution in [0.3, 0.4) is 0 Å². The van der Waals surface area contributed by atoms with Crippen LogP contribution in [-0.2, 0) is 0 Å². The van der Waals surface area contributed by atoms with Crippen molar-refractivity contribution in [2.75, 3.05) is 11.1 Å². The number of hydrogen-bond donors (Lipinski definition) is 1. The van der Waals surface area contributed by atoms with E-state index in [-0.39, 0.29) is 10.6 Å². The number of nitrogens with zero attached hydrogens (tertiary/aromatic N) is 1. The van der Waals surface area contributed by atoms with Gasteiger partial charge in [-0.2, -0.15) is 11.8 Å². The molecule has 1 aromatic carbocycles. The number of nitro groups is 1. The summed E-state index contributed by atoms with van der Waals surface area (Å²) < 4.78 is 0. The second kappa shape index (κ2) is 4.96. The summed E-state index contributed by atoms with van der Waals surface area (Å²) in [6, 6.07) is 5.69. The van der Waals surface area contributed by atoms with E-state index in [1.54, 1.807) is 19.1 Å². The smallest absolute Gasteiger partial charge is 0.272 e. The molecular weight excluding hydrogens is 236 g/mol. The van der Waals surface area contributed by atoms with Gasteiger partial charge in [0, 0.05) is 28.6 Å². The molecule has 0 bridgehead atoms. The van der Waals surface area contributed by atoms with Crippen LogP contribution in [0.25, 0.3) is 0 Å². The Kier molecular flexibility index (Phi) is 3.57. The SMILES string of the molecule is Cc1cc(NC2CCSC2C)ccc1[N+](=O)[O-]. The summed E-state index contributed by atoms with van der Waals surface area (Å²) in [5.41, 5.74) is 1.87. The van der Waals surface area contributed by atoms with E-state index in [0.717, 1.165) is 12.1 Å². The molecule has 0 amide bonds. The molecule has 0 aromatic heterocycles. The predicted octanol–water partition coefficient (Wildman–Crippen LogP) is 3.21. The first-order valence-electron chi connectivity index (χ1n) is 5.71. The van der Waals surface area contributed by atoms with Crippen molar-refractivity contribution in [2.45, 2.75) is 31.6 Å². The van der Waals surface area contributed by atoms with Crippen LogP contribution in [-0.4, -0.2) is 22.0 Å². The van der Waals surface area contributed by atoms with E-state index in [9.17, 15) is 10.1 Å². The maximum absolute atomic E-state index is 10.7. The molecule has 0 aliphatic carbocycles. The zero-order chi connectivity index (χ0) is 12.4. The van der Waals surface area contributed by atoms with Crippen LogP contribution in [0.4, 0.5) is 11.4 Å². The van der Waals surface area contributed by atoms with Crippen LogP contribution < -0.4 is 5.32 Å². The molecule has 5 heteroatoms. The Balaban J connectivity index is 2.12. The van der Waals surface area contributed by atoms with E-state index in [0.29, 0.717) is 16.9 Å². The molecule has 2 unspecified atom stereocenters. The molecule has 0 radical (unpaired) electrons. The first-order valence-corrected chi connectivity index (χ1v) is 6.76. The van der Waals surface area contributed by atoms with Gasteiger partial charge in [-0.1, -0.05) is 6.92 Å². The summed E-state index contributed by atoms with van der Waals surface area (Å²) in [5, 5.41) is 14.8. The van der Waals surface area contributed by atoms with Crippen molar-refractivity contribution in [3.05, 3.63) is 33.9 Å². The zero-order valence-corrected chi connectivity index (χ0v) is 10.8. The van der Waals surface area contributed by atoms with Crippen molar-refractivity contribution < 1.29 is 4.92 Å². The fraction of sp³-hybridized carbons (Fsp3) is 0.500. The molecule has 92 valence electrons. The fourth-order valence-electron chi connectivity index (χ4n) is 2.09. The van der Waals surface area contributed by atoms with Gasteiger partial charge in [0.05, 0.1) is 4.92 Å². The average molecular weight is 252 g/mol. The van der Waals surface area contributed by atoms with Crippen LogP contribution in [0.1, 0.15) is 18.9 Å². The van der Waals surface area contributed by atoms with Gasteiger partial charge in [-0.15, -0.1) is 0 Å². The number of hydrogen-bond acceptors (Lipinski definition) is 4. The molecule has 1 fully saturated rings. The van der Waals surface area contributed by atoms with Crippen LogP contribution in [0, 0.1) is 17.0 Å². The minimum Gasteiger partial charge on any atom is -0.381 e. The topological polar surface area (TPSA) is 55.2 Å². The Labute approximate surface area is 105 Å². The lowest BCUT2D eigenvalue weighted by Crippen LogP contribution is -2.24. The number of nitro benzene ring substituents is 1. The molecular formula is C12H16N2O2S. The molecule has 2 atom stereocenters. The Hall–Kier alpha value is -1.23. The first kappa shape index (κ1) is 12.2. The lowest BCUT2D eigenvalue weighted by molar-refractivity contribution is -0.385. The molecule has 4 nitrogen and oxygen atoms in total. The van der Waals surface area contributed by atoms with Crippen molar-refractivity contribution in [3.63, 3.8) is 0 Å². The van der Waals surface area contributed by atoms with Gasteiger partial charge in [-0.25, -0.2) is 0 Å². The minimum absolute atomic E-state index is 0.185. The van der Waals surface area contributed by atoms with Crippen LogP contribution in [0.15, 0.2) is 18.2 Å². The van der Waals surface area contributed by atoms with Gasteiger partial charge in [0.25, 0.3) is 5.69 Å². The van der Waals surface area contributed by atoms with E-state index in [1.165, 1.54) is 5.75 Å². The fourth-order valence-corrected chi connectivity index (χ4v) is 3.28. The molecule has 0 saturated carbocycles. The van der Waals surface area contributed by atoms with Crippen molar-refractivity contribution >= 4 is 23.1 Å². The second-order valence-corrected chi connectivity index (χ2v) is 5.86. The molecule has 1 heterocycles. The predicted molar refractivity (Wildman–Crippen MR) is 71.8 cm³/mol. The molecule has 1 aromatic rings. The standard InChI is InChI=1S/C12H16N2O2S/c1-8-7-10(3-4-12(8)14(15)16)13-11-5-6-17-9(11)2/h3-4,7,9,11,13H,5-6H2,1-2H3. The van der Waals surface area contributed by atoms with Crippen molar-refractivity contribution in [2.24, 2.45) is 0 Å². The Bertz CT molecular complexity index is 437. The van der Waals surface area contributed by atoms with Crippen molar-refractivity contribution in [3.8, 4) is 0 Å². The maximum Gasteiger partial charge on any atom is 0.272 e. The summed E-state index contributed by atoms with van der Waals surface area (Å²) in [6.45, 7) is 3.99. The number of nitrogens with one attached hydrogen (secondary N) is 1. The Morgan fingerprint density at radius 1 is 1.53 bits per heavy atom. The highest BCUT2D eigenvalue weighted by molar-refractivity contribution is 8.00. The highest BCUT2D eigenvalue weighted by atomic mass is 32.2. The summed E-state index contributed by atoms with van der Waals surface area (Å²) in [4.78, 5) is 10.4. The van der Waals surface area contributed by atoms with Gasteiger partial charge in [0.1, 0.15) is 0 Å². The number of thioether (sulfide) groups is 1. The molecule has 17 heavy (non-hydrogen) atoms. The third kappa shape index (κ3) is 2.72. The minimum atomic E-state index is -0.340. The third-order valence-corrected chi connectivity index (χ3v) is 4.45. The monoisotopic (exact) mass is 252 g/mol. The highest BCUT2D eigenvalue weighted by Crippen LogP contribution is 2.30. The first-order chi connectivity index (χ1) is 8.08. The lowest BCUT2D eigenvalue weighted by atomic mass is 10.1. The van der Waals surface area contributed by atoms with Crippen LogP contribution in [0.2, 0.25) is 0 Å². The van der Waals surface area contributed by atoms with Gasteiger partial charge < -0.3 is 5.32 Å². The zero-order valence-electron chi connectivity index (χ0n) is 9.97. The van der Waals surface area contributed by atoms with Gasteiger partial charge in [-0.05, 0) is 31.2 Å². The summed E-state index contributed by atoms with van der Waals surface area (Å²) in [7, 11) is 0. The van der Waals surface area contributed by atoms with Gasteiger partial charge in [0.15, 0.2) is 0 Å². The van der Waals surface area contributed by atoms with E-state index < -0.39 is 0 Å². The average Bonchev–Trinajstić information content (AvgIpc) is 2.64. The van der Waals surface area contributed by atoms with Crippen LogP contribution >= 0.6 is 11.8 Å². The molecule has 1 saturated heterocycles. The highest BCUT2D eigenvalue weighted by Gasteiger charge is 2.23. The number of anilines is 1. The van der Waals surface area contributed by atoms with E-state index in [2.05, 4.69) is 12.2 Å². The van der Waals surface area contributed by atoms with Gasteiger partial charge in [-0.3, -0.25) is 10.1 Å². The Morgan fingerprint density at radius 2 is 2.29 bits per heavy atom. The van der Waals surface area contributed by atoms with Gasteiger partial charge >= 0.3 is 0 Å². The summed E-state index contributed by atoms with van der Waals surface area (Å²) in [5.74, 6) is 1.19. The quantitative estimate of drug-likeness (QED) is 0.663. The van der Waals surface area contributed by atoms with Crippen LogP contribution in [0.5, 0.6) is 0 Å². The van der Waals surface area contributed by atoms with Crippen molar-refractivity contribution in [1.29, 1.82) is 0 Å². The lowest BCUT2D eigenvalue weighted by Gasteiger charge is -2.18. The van der Waals surface area contributed by atoms with Crippen molar-refractivity contribution in [1.82, 2.24) is 0 Å². The number of aryl methyl sites for hydroxylation is 1. The maximum atomic E-state index is 10.7. The summed E-state index contributed by atoms with van der Waals surface area (Å²) >= 11 is 1.97. The Morgan fingerprint density at radius 3 is 2.82 bits per heavy atom. The molecule has 1 aliphatic rings. The van der Waals surface area contributed by atoms with Gasteiger partial charge in [0.2, 0.25) is 0 Å². The summed E-state index contributed by atoms with van der Waals surface area (Å²) in [6.07, 6.45) is 1.15. The molecule has 1 aliphatic heterocycles. The molecule has 2 rings (SSSR count). The second-order valence-electron chi connectivity index (χ2n) is 4.37.